The Kier molecular flexibility index (Phi) is 10.4. The molecule has 0 saturated heterocycles. The fourth-order valence-electron chi connectivity index (χ4n) is 4.37. The lowest BCUT2D eigenvalue weighted by atomic mass is 9.78. The van der Waals surface area contributed by atoms with Crippen molar-refractivity contribution in [3.8, 4) is 5.69 Å². The van der Waals surface area contributed by atoms with Crippen LogP contribution in [0.3, 0.4) is 0 Å². The minimum Gasteiger partial charge on any atom is -0.385 e. The molecule has 1 aromatic carbocycles. The third-order valence-corrected chi connectivity index (χ3v) is 6.43. The molecular formula is C26H40FN3O2. The highest BCUT2D eigenvalue weighted by Crippen LogP contribution is 2.29. The van der Waals surface area contributed by atoms with Crippen LogP contribution in [0.5, 0.6) is 0 Å². The summed E-state index contributed by atoms with van der Waals surface area (Å²) in [6.07, 6.45) is 6.46. The molecule has 0 aliphatic heterocycles. The van der Waals surface area contributed by atoms with Crippen molar-refractivity contribution in [2.75, 3.05) is 13.7 Å². The van der Waals surface area contributed by atoms with Crippen LogP contribution in [0.25, 0.3) is 5.69 Å². The van der Waals surface area contributed by atoms with E-state index in [2.05, 4.69) is 35.9 Å². The largest absolute Gasteiger partial charge is 0.385 e. The molecule has 3 rings (SSSR count). The number of carbonyl (C=O) groups is 1. The molecule has 1 amide bonds. The van der Waals surface area contributed by atoms with Crippen molar-refractivity contribution in [2.24, 2.45) is 11.8 Å². The second-order valence-electron chi connectivity index (χ2n) is 8.87. The number of nitrogens with one attached hydrogen (secondary N) is 1. The summed E-state index contributed by atoms with van der Waals surface area (Å²) in [7, 11) is 1.68. The summed E-state index contributed by atoms with van der Waals surface area (Å²) in [4.78, 5) is 13.1. The first-order chi connectivity index (χ1) is 15.3. The third kappa shape index (κ3) is 6.64. The van der Waals surface area contributed by atoms with Crippen LogP contribution in [-0.2, 0) is 11.2 Å². The Morgan fingerprint density at radius 3 is 2.31 bits per heavy atom. The molecule has 5 nitrogen and oxygen atoms in total. The number of amides is 1. The molecule has 32 heavy (non-hydrogen) atoms. The lowest BCUT2D eigenvalue weighted by molar-refractivity contribution is 0.0874. The van der Waals surface area contributed by atoms with E-state index in [1.165, 1.54) is 18.6 Å². The van der Waals surface area contributed by atoms with Crippen LogP contribution in [0.1, 0.15) is 81.5 Å². The number of ether oxygens (including phenoxy) is 1. The maximum atomic E-state index is 13.4. The monoisotopic (exact) mass is 445 g/mol. The van der Waals surface area contributed by atoms with E-state index in [9.17, 15) is 9.18 Å². The van der Waals surface area contributed by atoms with E-state index in [0.717, 1.165) is 55.7 Å². The Morgan fingerprint density at radius 2 is 1.78 bits per heavy atom. The van der Waals surface area contributed by atoms with Crippen LogP contribution in [0.2, 0.25) is 0 Å². The molecule has 0 radical (unpaired) electrons. The van der Waals surface area contributed by atoms with Crippen molar-refractivity contribution in [3.05, 3.63) is 47.0 Å². The van der Waals surface area contributed by atoms with Gasteiger partial charge in [0.25, 0.3) is 5.91 Å². The van der Waals surface area contributed by atoms with E-state index in [1.807, 2.05) is 18.5 Å². The fourth-order valence-corrected chi connectivity index (χ4v) is 4.37. The van der Waals surface area contributed by atoms with Gasteiger partial charge in [-0.2, -0.15) is 5.10 Å². The summed E-state index contributed by atoms with van der Waals surface area (Å²) in [5, 5.41) is 7.92. The fraction of sp³-hybridized carbons (Fsp3) is 0.615. The van der Waals surface area contributed by atoms with Gasteiger partial charge in [-0.05, 0) is 75.6 Å². The second-order valence-corrected chi connectivity index (χ2v) is 8.87. The Hall–Kier alpha value is -2.21. The maximum Gasteiger partial charge on any atom is 0.272 e. The van der Waals surface area contributed by atoms with Gasteiger partial charge in [-0.25, -0.2) is 9.07 Å². The lowest BCUT2D eigenvalue weighted by Gasteiger charge is -2.35. The molecule has 178 valence electrons. The zero-order valence-electron chi connectivity index (χ0n) is 20.6. The normalized spacial score (nSPS) is 20.4. The van der Waals surface area contributed by atoms with Crippen LogP contribution in [-0.4, -0.2) is 35.4 Å². The molecule has 0 bridgehead atoms. The average Bonchev–Trinajstić information content (AvgIpc) is 3.11. The van der Waals surface area contributed by atoms with Crippen molar-refractivity contribution in [1.29, 1.82) is 0 Å². The smallest absolute Gasteiger partial charge is 0.272 e. The first-order valence-corrected chi connectivity index (χ1v) is 12.0. The van der Waals surface area contributed by atoms with Crippen LogP contribution in [0.15, 0.2) is 24.3 Å². The molecule has 2 atom stereocenters. The predicted octanol–water partition coefficient (Wildman–Crippen LogP) is 5.87. The highest BCUT2D eigenvalue weighted by molar-refractivity contribution is 5.94. The van der Waals surface area contributed by atoms with Gasteiger partial charge in [0, 0.05) is 31.0 Å². The van der Waals surface area contributed by atoms with E-state index in [4.69, 9.17) is 0 Å². The second kappa shape index (κ2) is 12.7. The summed E-state index contributed by atoms with van der Waals surface area (Å²) in [5.41, 5.74) is 3.23. The van der Waals surface area contributed by atoms with Gasteiger partial charge in [0.15, 0.2) is 5.69 Å². The van der Waals surface area contributed by atoms with Gasteiger partial charge in [0.2, 0.25) is 0 Å². The van der Waals surface area contributed by atoms with Gasteiger partial charge in [0.05, 0.1) is 5.69 Å². The van der Waals surface area contributed by atoms with Gasteiger partial charge in [-0.15, -0.1) is 0 Å². The number of benzene rings is 1. The molecule has 6 heteroatoms. The average molecular weight is 446 g/mol. The number of hydrogen-bond acceptors (Lipinski definition) is 3. The Balaban J connectivity index is 0.000000837. The van der Waals surface area contributed by atoms with E-state index >= 15 is 0 Å². The van der Waals surface area contributed by atoms with E-state index < -0.39 is 0 Å². The number of nitrogens with zero attached hydrogens (tertiary/aromatic N) is 2. The van der Waals surface area contributed by atoms with Crippen LogP contribution < -0.4 is 5.32 Å². The molecule has 1 saturated carbocycles. The zero-order chi connectivity index (χ0) is 23.7. The number of hydrogen-bond donors (Lipinski definition) is 1. The van der Waals surface area contributed by atoms with E-state index in [0.29, 0.717) is 17.5 Å². The van der Waals surface area contributed by atoms with Crippen molar-refractivity contribution in [1.82, 2.24) is 15.1 Å². The van der Waals surface area contributed by atoms with Crippen LogP contribution in [0, 0.1) is 24.6 Å². The van der Waals surface area contributed by atoms with Crippen molar-refractivity contribution in [3.63, 3.8) is 0 Å². The van der Waals surface area contributed by atoms with Gasteiger partial charge >= 0.3 is 0 Å². The summed E-state index contributed by atoms with van der Waals surface area (Å²) in [6, 6.07) is 6.48. The molecule has 1 N–H and O–H groups in total. The molecule has 1 aliphatic carbocycles. The number of halogens is 1. The summed E-state index contributed by atoms with van der Waals surface area (Å²) < 4.78 is 19.7. The van der Waals surface area contributed by atoms with Crippen molar-refractivity contribution >= 4 is 5.91 Å². The van der Waals surface area contributed by atoms with E-state index in [1.54, 1.807) is 19.2 Å². The number of unbranched alkanes of at least 4 members (excludes halogenated alkanes) is 1. The standard InChI is InChI=1S/C23H32FN3O.C3H8O/c1-5-6-10-20-17(4)22(26-27(20)19-13-11-18(24)12-14-19)23(28)25-21-15(2)8-7-9-16(21)3;1-3-4-2/h11-16,21H,5-10H2,1-4H3,(H,25,28);3H2,1-2H3. The number of rotatable bonds is 7. The van der Waals surface area contributed by atoms with E-state index in [-0.39, 0.29) is 17.8 Å². The number of methoxy groups -OCH3 is 1. The Bertz CT molecular complexity index is 836. The lowest BCUT2D eigenvalue weighted by Crippen LogP contribution is -2.46. The van der Waals surface area contributed by atoms with Crippen LogP contribution >= 0.6 is 0 Å². The van der Waals surface area contributed by atoms with Gasteiger partial charge in [0.1, 0.15) is 5.82 Å². The SMILES string of the molecule is CCCCc1c(C)c(C(=O)NC2C(C)CCCC2C)nn1-c1ccc(F)cc1.CCOC. The Morgan fingerprint density at radius 1 is 1.19 bits per heavy atom. The highest BCUT2D eigenvalue weighted by atomic mass is 19.1. The highest BCUT2D eigenvalue weighted by Gasteiger charge is 2.31. The first kappa shape index (κ1) is 26.0. The predicted molar refractivity (Wildman–Crippen MR) is 128 cm³/mol. The molecule has 1 aliphatic rings. The first-order valence-electron chi connectivity index (χ1n) is 12.0. The summed E-state index contributed by atoms with van der Waals surface area (Å²) >= 11 is 0. The molecule has 1 fully saturated rings. The number of carbonyl (C=O) groups excluding carboxylic acids is 1. The minimum atomic E-state index is -0.277. The zero-order valence-corrected chi connectivity index (χ0v) is 20.6. The third-order valence-electron chi connectivity index (χ3n) is 6.43. The summed E-state index contributed by atoms with van der Waals surface area (Å²) in [6.45, 7) is 11.3. The quantitative estimate of drug-likeness (QED) is 0.580. The molecule has 1 aromatic heterocycles. The maximum absolute atomic E-state index is 13.4. The van der Waals surface area contributed by atoms with Gasteiger partial charge in [-0.1, -0.05) is 33.6 Å². The molecule has 2 aromatic rings. The summed E-state index contributed by atoms with van der Waals surface area (Å²) in [5.74, 6) is 0.584. The molecule has 2 unspecified atom stereocenters. The molecule has 0 spiro atoms. The van der Waals surface area contributed by atoms with Crippen molar-refractivity contribution in [2.45, 2.75) is 79.2 Å². The van der Waals surface area contributed by atoms with Gasteiger partial charge in [-0.3, -0.25) is 4.79 Å². The Labute approximate surface area is 192 Å². The van der Waals surface area contributed by atoms with Crippen LogP contribution in [0.4, 0.5) is 4.39 Å². The minimum absolute atomic E-state index is 0.0956. The molecular weight excluding hydrogens is 405 g/mol. The number of aromatic nitrogens is 2. The van der Waals surface area contributed by atoms with Gasteiger partial charge < -0.3 is 10.1 Å². The molecule has 1 heterocycles. The van der Waals surface area contributed by atoms with Crippen molar-refractivity contribution < 1.29 is 13.9 Å². The topological polar surface area (TPSA) is 56.2 Å².